The van der Waals surface area contributed by atoms with Crippen LogP contribution in [0.4, 0.5) is 5.69 Å². The summed E-state index contributed by atoms with van der Waals surface area (Å²) in [6.45, 7) is 3.73. The van der Waals surface area contributed by atoms with Crippen LogP contribution in [0.15, 0.2) is 51.4 Å². The number of allylic oxidation sites excluding steroid dienone is 1. The van der Waals surface area contributed by atoms with Crippen LogP contribution < -0.4 is 4.90 Å². The van der Waals surface area contributed by atoms with E-state index in [0.29, 0.717) is 10.0 Å². The Morgan fingerprint density at radius 3 is 2.81 bits per heavy atom. The van der Waals surface area contributed by atoms with E-state index in [1.807, 2.05) is 49.6 Å². The van der Waals surface area contributed by atoms with Crippen LogP contribution in [0.3, 0.4) is 0 Å². The first-order valence-electron chi connectivity index (χ1n) is 8.18. The highest BCUT2D eigenvalue weighted by Gasteiger charge is 2.26. The highest BCUT2D eigenvalue weighted by Crippen LogP contribution is 2.30. The smallest absolute Gasteiger partial charge is 0.272 e. The molecule has 0 spiro atoms. The second-order valence-corrected chi connectivity index (χ2v) is 8.90. The van der Waals surface area contributed by atoms with Crippen LogP contribution in [0.1, 0.15) is 18.7 Å². The lowest BCUT2D eigenvalue weighted by molar-refractivity contribution is -0.115. The van der Waals surface area contributed by atoms with Gasteiger partial charge in [0.05, 0.1) is 10.2 Å². The van der Waals surface area contributed by atoms with Crippen LogP contribution in [-0.4, -0.2) is 22.0 Å². The Kier molecular flexibility index (Phi) is 5.85. The number of thiazole rings is 1. The number of nitrogens with zero attached hydrogens (tertiary/aromatic N) is 3. The van der Waals surface area contributed by atoms with E-state index < -0.39 is 5.91 Å². The molecular weight excluding hydrogens is 398 g/mol. The van der Waals surface area contributed by atoms with Gasteiger partial charge in [-0.15, -0.1) is 35.3 Å². The topological polar surface area (TPSA) is 77.2 Å². The van der Waals surface area contributed by atoms with Crippen LogP contribution in [0, 0.1) is 11.3 Å². The maximum Gasteiger partial charge on any atom is 0.272 e. The van der Waals surface area contributed by atoms with Crippen LogP contribution >= 0.6 is 35.3 Å². The minimum Gasteiger partial charge on any atom is -0.510 e. The SMILES string of the molecule is CC(C)N(C(=O)C(C#N)=C(O)Cc1cccs1)c1ccc2nc(S)sc2c1. The summed E-state index contributed by atoms with van der Waals surface area (Å²) in [4.78, 5) is 19.8. The first-order chi connectivity index (χ1) is 12.9. The second kappa shape index (κ2) is 8.13. The van der Waals surface area contributed by atoms with Gasteiger partial charge in [-0.25, -0.2) is 4.98 Å². The summed E-state index contributed by atoms with van der Waals surface area (Å²) in [5.74, 6) is -0.733. The molecule has 138 valence electrons. The molecule has 0 bridgehead atoms. The Morgan fingerprint density at radius 2 is 2.19 bits per heavy atom. The van der Waals surface area contributed by atoms with Crippen LogP contribution in [0.5, 0.6) is 0 Å². The zero-order valence-electron chi connectivity index (χ0n) is 14.7. The molecule has 0 radical (unpaired) electrons. The number of fused-ring (bicyclic) bond motifs is 1. The number of thiophene rings is 1. The number of anilines is 1. The Bertz CT molecular complexity index is 1050. The second-order valence-electron chi connectivity index (χ2n) is 6.11. The molecule has 0 aliphatic carbocycles. The predicted octanol–water partition coefficient (Wildman–Crippen LogP) is 4.97. The van der Waals surface area contributed by atoms with Gasteiger partial charge < -0.3 is 10.0 Å². The molecule has 2 aromatic heterocycles. The largest absolute Gasteiger partial charge is 0.510 e. The van der Waals surface area contributed by atoms with Gasteiger partial charge in [0.2, 0.25) is 0 Å². The number of aliphatic hydroxyl groups excluding tert-OH is 1. The van der Waals surface area contributed by atoms with E-state index in [-0.39, 0.29) is 23.8 Å². The normalized spacial score (nSPS) is 12.1. The monoisotopic (exact) mass is 415 g/mol. The summed E-state index contributed by atoms with van der Waals surface area (Å²) in [5, 5.41) is 21.8. The first-order valence-corrected chi connectivity index (χ1v) is 10.3. The number of hydrogen-bond donors (Lipinski definition) is 2. The van der Waals surface area contributed by atoms with Gasteiger partial charge in [0.1, 0.15) is 16.2 Å². The molecule has 1 amide bonds. The number of aliphatic hydroxyl groups is 1. The third-order valence-corrected chi connectivity index (χ3v) is 5.98. The highest BCUT2D eigenvalue weighted by molar-refractivity contribution is 7.82. The van der Waals surface area contributed by atoms with Crippen molar-refractivity contribution < 1.29 is 9.90 Å². The lowest BCUT2D eigenvalue weighted by Crippen LogP contribution is -2.38. The molecule has 0 fully saturated rings. The molecular formula is C19H17N3O2S3. The molecule has 0 atom stereocenters. The summed E-state index contributed by atoms with van der Waals surface area (Å²) in [5.41, 5.74) is 1.22. The molecule has 2 heterocycles. The Balaban J connectivity index is 1.99. The molecule has 0 aliphatic heterocycles. The van der Waals surface area contributed by atoms with Gasteiger partial charge in [-0.05, 0) is 43.5 Å². The quantitative estimate of drug-likeness (QED) is 0.267. The number of benzene rings is 1. The Labute approximate surface area is 170 Å². The number of thiol groups is 1. The van der Waals surface area contributed by atoms with Gasteiger partial charge in [0, 0.05) is 23.0 Å². The van der Waals surface area contributed by atoms with Crippen molar-refractivity contribution in [1.82, 2.24) is 4.98 Å². The standard InChI is InChI=1S/C19H17N3O2S3/c1-11(2)22(12-5-6-15-17(8-12)27-19(25)21-15)18(24)14(10-20)16(23)9-13-4-3-7-26-13/h3-8,11,23H,9H2,1-2H3,(H,21,25). The fourth-order valence-corrected chi connectivity index (χ4v) is 4.57. The average Bonchev–Trinajstić information content (AvgIpc) is 3.23. The highest BCUT2D eigenvalue weighted by atomic mass is 32.2. The molecule has 0 saturated heterocycles. The number of hydrogen-bond acceptors (Lipinski definition) is 7. The molecule has 1 aromatic carbocycles. The van der Waals surface area contributed by atoms with E-state index in [1.165, 1.54) is 27.6 Å². The van der Waals surface area contributed by atoms with E-state index in [9.17, 15) is 15.2 Å². The minimum atomic E-state index is -0.517. The number of carbonyl (C=O) groups excluding carboxylic acids is 1. The molecule has 27 heavy (non-hydrogen) atoms. The molecule has 3 aromatic rings. The molecule has 5 nitrogen and oxygen atoms in total. The zero-order valence-corrected chi connectivity index (χ0v) is 17.2. The molecule has 0 unspecified atom stereocenters. The number of amides is 1. The van der Waals surface area contributed by atoms with Gasteiger partial charge in [0.25, 0.3) is 5.91 Å². The number of nitriles is 1. The lowest BCUT2D eigenvalue weighted by Gasteiger charge is -2.27. The Morgan fingerprint density at radius 1 is 1.41 bits per heavy atom. The van der Waals surface area contributed by atoms with Gasteiger partial charge in [-0.3, -0.25) is 4.79 Å². The van der Waals surface area contributed by atoms with Gasteiger partial charge in [-0.2, -0.15) is 5.26 Å². The summed E-state index contributed by atoms with van der Waals surface area (Å²) in [6.07, 6.45) is 0.162. The van der Waals surface area contributed by atoms with E-state index in [1.54, 1.807) is 6.07 Å². The van der Waals surface area contributed by atoms with E-state index >= 15 is 0 Å². The fraction of sp³-hybridized carbons (Fsp3) is 0.211. The van der Waals surface area contributed by atoms with Crippen molar-refractivity contribution in [3.63, 3.8) is 0 Å². The van der Waals surface area contributed by atoms with E-state index in [2.05, 4.69) is 17.6 Å². The van der Waals surface area contributed by atoms with Crippen molar-refractivity contribution in [1.29, 1.82) is 5.26 Å². The van der Waals surface area contributed by atoms with E-state index in [0.717, 1.165) is 15.1 Å². The molecule has 8 heteroatoms. The summed E-state index contributed by atoms with van der Waals surface area (Å²) >= 11 is 7.16. The van der Waals surface area contributed by atoms with Gasteiger partial charge >= 0.3 is 0 Å². The fourth-order valence-electron chi connectivity index (χ4n) is 2.72. The van der Waals surface area contributed by atoms with Crippen LogP contribution in [-0.2, 0) is 11.2 Å². The third-order valence-electron chi connectivity index (χ3n) is 3.91. The van der Waals surface area contributed by atoms with Crippen molar-refractivity contribution in [2.75, 3.05) is 4.90 Å². The van der Waals surface area contributed by atoms with Crippen LogP contribution in [0.25, 0.3) is 10.2 Å². The van der Waals surface area contributed by atoms with E-state index in [4.69, 9.17) is 0 Å². The van der Waals surface area contributed by atoms with Gasteiger partial charge in [-0.1, -0.05) is 6.07 Å². The molecule has 0 saturated carbocycles. The van der Waals surface area contributed by atoms with Crippen molar-refractivity contribution in [3.8, 4) is 6.07 Å². The molecule has 3 rings (SSSR count). The lowest BCUT2D eigenvalue weighted by atomic mass is 10.1. The van der Waals surface area contributed by atoms with Crippen molar-refractivity contribution >= 4 is 57.1 Å². The first kappa shape index (κ1) is 19.4. The zero-order chi connectivity index (χ0) is 19.6. The number of carbonyl (C=O) groups is 1. The number of rotatable bonds is 5. The summed E-state index contributed by atoms with van der Waals surface area (Å²) in [6, 6.07) is 10.9. The predicted molar refractivity (Wildman–Crippen MR) is 113 cm³/mol. The van der Waals surface area contributed by atoms with Crippen molar-refractivity contribution in [2.45, 2.75) is 30.6 Å². The molecule has 1 N–H and O–H groups in total. The number of aromatic nitrogens is 1. The average molecular weight is 416 g/mol. The third kappa shape index (κ3) is 4.16. The summed E-state index contributed by atoms with van der Waals surface area (Å²) < 4.78 is 1.55. The maximum absolute atomic E-state index is 13.1. The van der Waals surface area contributed by atoms with Crippen molar-refractivity contribution in [2.24, 2.45) is 0 Å². The summed E-state index contributed by atoms with van der Waals surface area (Å²) in [7, 11) is 0. The molecule has 0 aliphatic rings. The van der Waals surface area contributed by atoms with Crippen LogP contribution in [0.2, 0.25) is 0 Å². The Hall–Kier alpha value is -2.34. The maximum atomic E-state index is 13.1. The van der Waals surface area contributed by atoms with Gasteiger partial charge in [0.15, 0.2) is 5.57 Å². The minimum absolute atomic E-state index is 0.162. The van der Waals surface area contributed by atoms with Crippen molar-refractivity contribution in [3.05, 3.63) is 51.9 Å².